The van der Waals surface area contributed by atoms with Crippen LogP contribution in [-0.2, 0) is 9.53 Å². The molecule has 1 aromatic rings. The molecule has 0 aromatic carbocycles. The number of aryl methyl sites for hydroxylation is 1. The average molecular weight is 358 g/mol. The van der Waals surface area contributed by atoms with Gasteiger partial charge in [0.15, 0.2) is 10.9 Å². The minimum absolute atomic E-state index is 0.0165. The van der Waals surface area contributed by atoms with Crippen LogP contribution < -0.4 is 5.73 Å². The van der Waals surface area contributed by atoms with Crippen LogP contribution in [0, 0.1) is 23.7 Å². The van der Waals surface area contributed by atoms with Crippen molar-refractivity contribution in [2.24, 2.45) is 11.1 Å². The van der Waals surface area contributed by atoms with Crippen LogP contribution in [0.25, 0.3) is 0 Å². The molecule has 0 saturated carbocycles. The summed E-state index contributed by atoms with van der Waals surface area (Å²) in [6, 6.07) is 4.05. The van der Waals surface area contributed by atoms with Crippen molar-refractivity contribution in [1.82, 2.24) is 0 Å². The van der Waals surface area contributed by atoms with Gasteiger partial charge in [-0.1, -0.05) is 32.5 Å². The predicted octanol–water partition coefficient (Wildman–Crippen LogP) is 4.15. The maximum absolute atomic E-state index is 12.9. The molecule has 2 aliphatic rings. The largest absolute Gasteiger partial charge is 0.455 e. The molecule has 0 saturated heterocycles. The summed E-state index contributed by atoms with van der Waals surface area (Å²) in [4.78, 5) is 12.9. The lowest BCUT2D eigenvalue weighted by Crippen LogP contribution is -2.33. The number of hydrogen-bond donors (Lipinski definition) is 1. The maximum Gasteiger partial charge on any atom is 0.205 e. The van der Waals surface area contributed by atoms with E-state index in [0.29, 0.717) is 24.2 Å². The molecule has 2 heterocycles. The van der Waals surface area contributed by atoms with Crippen LogP contribution in [0.3, 0.4) is 0 Å². The Bertz CT molecular complexity index is 839. The van der Waals surface area contributed by atoms with E-state index in [4.69, 9.17) is 14.9 Å². The summed E-state index contributed by atoms with van der Waals surface area (Å²) < 4.78 is 11.5. The molecule has 0 bridgehead atoms. The van der Waals surface area contributed by atoms with Gasteiger partial charge in [-0.2, -0.15) is 5.26 Å². The van der Waals surface area contributed by atoms with Crippen molar-refractivity contribution in [3.8, 4) is 6.07 Å². The number of nitriles is 1. The van der Waals surface area contributed by atoms with Gasteiger partial charge < -0.3 is 14.9 Å². The van der Waals surface area contributed by atoms with E-state index in [0.717, 1.165) is 22.2 Å². The SMILES string of the molecule is CCSc1oc(C)cc1[C@H]1C(C#N)=C(N)OC2=C1C(=O)CC(C)(C)C2. The Kier molecular flexibility index (Phi) is 4.46. The number of hydrogen-bond acceptors (Lipinski definition) is 6. The van der Waals surface area contributed by atoms with Gasteiger partial charge in [-0.15, -0.1) is 0 Å². The van der Waals surface area contributed by atoms with Crippen LogP contribution in [0.1, 0.15) is 50.9 Å². The highest BCUT2D eigenvalue weighted by atomic mass is 32.2. The van der Waals surface area contributed by atoms with Gasteiger partial charge in [-0.25, -0.2) is 0 Å². The molecular weight excluding hydrogens is 336 g/mol. The number of ether oxygens (including phenoxy) is 1. The third kappa shape index (κ3) is 3.09. The molecule has 0 spiro atoms. The number of thioether (sulfide) groups is 1. The van der Waals surface area contributed by atoms with Gasteiger partial charge in [-0.3, -0.25) is 4.79 Å². The second kappa shape index (κ2) is 6.30. The van der Waals surface area contributed by atoms with E-state index in [9.17, 15) is 10.1 Å². The minimum atomic E-state index is -0.510. The fourth-order valence-corrected chi connectivity index (χ4v) is 4.35. The van der Waals surface area contributed by atoms with Crippen molar-refractivity contribution in [1.29, 1.82) is 5.26 Å². The Labute approximate surface area is 151 Å². The minimum Gasteiger partial charge on any atom is -0.455 e. The second-order valence-corrected chi connectivity index (χ2v) is 8.47. The first-order chi connectivity index (χ1) is 11.8. The summed E-state index contributed by atoms with van der Waals surface area (Å²) in [5.41, 5.74) is 7.53. The van der Waals surface area contributed by atoms with Crippen molar-refractivity contribution in [3.63, 3.8) is 0 Å². The van der Waals surface area contributed by atoms with Gasteiger partial charge in [0, 0.05) is 24.0 Å². The Hall–Kier alpha value is -2.13. The summed E-state index contributed by atoms with van der Waals surface area (Å²) >= 11 is 1.56. The fraction of sp³-hybridized carbons (Fsp3) is 0.474. The molecule has 1 atom stereocenters. The normalized spacial score (nSPS) is 22.5. The third-order valence-corrected chi connectivity index (χ3v) is 5.38. The molecule has 0 amide bonds. The van der Waals surface area contributed by atoms with Crippen LogP contribution in [0.15, 0.2) is 38.4 Å². The smallest absolute Gasteiger partial charge is 0.205 e. The third-order valence-electron chi connectivity index (χ3n) is 4.51. The van der Waals surface area contributed by atoms with Crippen molar-refractivity contribution in [2.75, 3.05) is 5.75 Å². The first-order valence-corrected chi connectivity index (χ1v) is 9.33. The average Bonchev–Trinajstić information content (AvgIpc) is 2.85. The van der Waals surface area contributed by atoms with E-state index in [1.807, 2.05) is 33.8 Å². The highest BCUT2D eigenvalue weighted by Gasteiger charge is 2.44. The van der Waals surface area contributed by atoms with Crippen LogP contribution in [0.5, 0.6) is 0 Å². The summed E-state index contributed by atoms with van der Waals surface area (Å²) in [7, 11) is 0. The van der Waals surface area contributed by atoms with Crippen LogP contribution in [-0.4, -0.2) is 11.5 Å². The van der Waals surface area contributed by atoms with Crippen molar-refractivity contribution >= 4 is 17.5 Å². The van der Waals surface area contributed by atoms with Gasteiger partial charge in [0.2, 0.25) is 5.88 Å². The number of furan rings is 1. The topological polar surface area (TPSA) is 89.2 Å². The Morgan fingerprint density at radius 1 is 1.44 bits per heavy atom. The zero-order chi connectivity index (χ0) is 18.4. The predicted molar refractivity (Wildman–Crippen MR) is 95.5 cm³/mol. The summed E-state index contributed by atoms with van der Waals surface area (Å²) in [6.07, 6.45) is 1.05. The zero-order valence-electron chi connectivity index (χ0n) is 14.9. The lowest BCUT2D eigenvalue weighted by molar-refractivity contribution is -0.119. The zero-order valence-corrected chi connectivity index (χ0v) is 15.8. The number of Topliss-reactive ketones (excluding diaryl/α,β-unsaturated/α-hetero) is 1. The molecule has 6 heteroatoms. The molecule has 1 aromatic heterocycles. The van der Waals surface area contributed by atoms with E-state index >= 15 is 0 Å². The van der Waals surface area contributed by atoms with Crippen LogP contribution in [0.2, 0.25) is 0 Å². The summed E-state index contributed by atoms with van der Waals surface area (Å²) in [6.45, 7) is 7.97. The molecule has 0 fully saturated rings. The number of ketones is 1. The summed E-state index contributed by atoms with van der Waals surface area (Å²) in [5.74, 6) is 1.76. The van der Waals surface area contributed by atoms with Crippen LogP contribution >= 0.6 is 11.8 Å². The number of allylic oxidation sites excluding steroid dienone is 3. The lowest BCUT2D eigenvalue weighted by atomic mass is 9.70. The Morgan fingerprint density at radius 3 is 2.80 bits per heavy atom. The monoisotopic (exact) mass is 358 g/mol. The molecule has 2 N–H and O–H groups in total. The molecule has 25 heavy (non-hydrogen) atoms. The lowest BCUT2D eigenvalue weighted by Gasteiger charge is -2.37. The van der Waals surface area contributed by atoms with E-state index in [1.165, 1.54) is 0 Å². The van der Waals surface area contributed by atoms with Crippen molar-refractivity contribution in [2.45, 2.75) is 51.5 Å². The number of nitrogens with zero attached hydrogens (tertiary/aromatic N) is 1. The highest BCUT2D eigenvalue weighted by Crippen LogP contribution is 2.49. The first kappa shape index (κ1) is 17.7. The van der Waals surface area contributed by atoms with Crippen molar-refractivity contribution < 1.29 is 13.9 Å². The quantitative estimate of drug-likeness (QED) is 0.816. The van der Waals surface area contributed by atoms with E-state index in [2.05, 4.69) is 6.07 Å². The standard InChI is InChI=1S/C19H22N2O3S/c1-5-25-18-11(6-10(2)23-18)15-12(9-20)17(21)24-14-8-19(3,4)7-13(22)16(14)15/h6,15H,5,7-8,21H2,1-4H3/t15-/m0/s1. The van der Waals surface area contributed by atoms with Gasteiger partial charge in [-0.05, 0) is 24.2 Å². The molecule has 5 nitrogen and oxygen atoms in total. The maximum atomic E-state index is 12.9. The Morgan fingerprint density at radius 2 is 2.16 bits per heavy atom. The van der Waals surface area contributed by atoms with E-state index in [-0.39, 0.29) is 22.7 Å². The van der Waals surface area contributed by atoms with E-state index < -0.39 is 5.92 Å². The van der Waals surface area contributed by atoms with Gasteiger partial charge in [0.1, 0.15) is 23.2 Å². The summed E-state index contributed by atoms with van der Waals surface area (Å²) in [5, 5.41) is 10.4. The van der Waals surface area contributed by atoms with Gasteiger partial charge >= 0.3 is 0 Å². The molecule has 1 aliphatic carbocycles. The van der Waals surface area contributed by atoms with E-state index in [1.54, 1.807) is 11.8 Å². The number of carbonyl (C=O) groups excluding carboxylic acids is 1. The molecule has 132 valence electrons. The number of nitrogens with two attached hydrogens (primary N) is 1. The molecule has 0 unspecified atom stereocenters. The number of carbonyl (C=O) groups is 1. The highest BCUT2D eigenvalue weighted by molar-refractivity contribution is 7.99. The molecule has 3 rings (SSSR count). The van der Waals surface area contributed by atoms with Crippen LogP contribution in [0.4, 0.5) is 0 Å². The van der Waals surface area contributed by atoms with Crippen molar-refractivity contribution in [3.05, 3.63) is 40.2 Å². The Balaban J connectivity index is 2.20. The van der Waals surface area contributed by atoms with Gasteiger partial charge in [0.25, 0.3) is 0 Å². The first-order valence-electron chi connectivity index (χ1n) is 8.34. The molecule has 0 radical (unpaired) electrons. The molecule has 1 aliphatic heterocycles. The number of rotatable bonds is 3. The fourth-order valence-electron chi connectivity index (χ4n) is 3.55. The van der Waals surface area contributed by atoms with Gasteiger partial charge in [0.05, 0.1) is 5.92 Å². The molecular formula is C19H22N2O3S. The second-order valence-electron chi connectivity index (χ2n) is 7.24.